The molecule has 9 nitrogen and oxygen atoms in total. The van der Waals surface area contributed by atoms with E-state index in [9.17, 15) is 9.00 Å². The number of benzene rings is 1. The van der Waals surface area contributed by atoms with Crippen molar-refractivity contribution in [2.75, 3.05) is 32.9 Å². The van der Waals surface area contributed by atoms with Gasteiger partial charge in [-0.15, -0.1) is 0 Å². The summed E-state index contributed by atoms with van der Waals surface area (Å²) in [6.45, 7) is 11.9. The molecule has 0 amide bonds. The third-order valence-electron chi connectivity index (χ3n) is 5.85. The standard InChI is InChI=1S/C23H32N4O5S.C4H10/c1-4-7-19(24)21-15(3)23(29)26-22(25-21)18-12-17(8-9-20(18)31-5-2)33(30)27-13-16(14-27)32-11-6-10-28;1-3-4-2/h8-9,12,16,24,28H,4-7,10-11,13-14H2,1-3H3,(H,25,26,29);3-4H2,1-2H3. The number of H-pyrrole nitrogens is 1. The summed E-state index contributed by atoms with van der Waals surface area (Å²) in [5, 5.41) is 17.2. The van der Waals surface area contributed by atoms with Crippen molar-refractivity contribution in [2.45, 2.75) is 77.7 Å². The number of aliphatic hydroxyl groups excluding tert-OH is 1. The van der Waals surface area contributed by atoms with E-state index in [1.165, 1.54) is 12.8 Å². The maximum absolute atomic E-state index is 13.1. The summed E-state index contributed by atoms with van der Waals surface area (Å²) in [5.41, 5.74) is 1.31. The van der Waals surface area contributed by atoms with Gasteiger partial charge in [0.25, 0.3) is 5.56 Å². The van der Waals surface area contributed by atoms with Crippen LogP contribution in [-0.2, 0) is 15.7 Å². The predicted octanol–water partition coefficient (Wildman–Crippen LogP) is 4.22. The molecule has 37 heavy (non-hydrogen) atoms. The Balaban J connectivity index is 0.00000112. The Morgan fingerprint density at radius 3 is 2.51 bits per heavy atom. The Bertz CT molecular complexity index is 1100. The van der Waals surface area contributed by atoms with E-state index in [0.717, 1.165) is 6.42 Å². The molecular weight excluding hydrogens is 492 g/mol. The van der Waals surface area contributed by atoms with Gasteiger partial charge in [-0.05, 0) is 44.9 Å². The van der Waals surface area contributed by atoms with Crippen molar-refractivity contribution in [3.8, 4) is 17.1 Å². The highest BCUT2D eigenvalue weighted by molar-refractivity contribution is 7.82. The largest absolute Gasteiger partial charge is 0.493 e. The lowest BCUT2D eigenvalue weighted by Gasteiger charge is -2.37. The first kappa shape index (κ1) is 30.8. The topological polar surface area (TPSA) is 129 Å². The number of nitrogens with one attached hydrogen (secondary N) is 2. The van der Waals surface area contributed by atoms with Gasteiger partial charge in [-0.3, -0.25) is 4.79 Å². The van der Waals surface area contributed by atoms with Crippen molar-refractivity contribution in [3.63, 3.8) is 0 Å². The molecular formula is C27H42N4O5S. The van der Waals surface area contributed by atoms with Crippen LogP contribution in [0.15, 0.2) is 27.9 Å². The van der Waals surface area contributed by atoms with Crippen LogP contribution < -0.4 is 10.3 Å². The average Bonchev–Trinajstić information content (AvgIpc) is 2.87. The molecule has 0 bridgehead atoms. The molecule has 1 aromatic carbocycles. The normalized spacial score (nSPS) is 14.4. The van der Waals surface area contributed by atoms with E-state index < -0.39 is 11.0 Å². The third kappa shape index (κ3) is 8.56. The van der Waals surface area contributed by atoms with E-state index in [-0.39, 0.29) is 24.1 Å². The van der Waals surface area contributed by atoms with E-state index >= 15 is 0 Å². The fourth-order valence-electron chi connectivity index (χ4n) is 3.51. The zero-order valence-corrected chi connectivity index (χ0v) is 23.6. The second kappa shape index (κ2) is 15.8. The minimum absolute atomic E-state index is 0.00456. The van der Waals surface area contributed by atoms with Crippen molar-refractivity contribution in [1.82, 2.24) is 14.3 Å². The Morgan fingerprint density at radius 2 is 1.92 bits per heavy atom. The number of aliphatic hydroxyl groups is 1. The van der Waals surface area contributed by atoms with Crippen LogP contribution in [0.1, 0.15) is 71.1 Å². The van der Waals surface area contributed by atoms with Crippen LogP contribution in [0.25, 0.3) is 11.4 Å². The molecule has 1 aliphatic rings. The van der Waals surface area contributed by atoms with E-state index in [1.54, 1.807) is 29.4 Å². The van der Waals surface area contributed by atoms with Crippen molar-refractivity contribution in [3.05, 3.63) is 39.8 Å². The van der Waals surface area contributed by atoms with Gasteiger partial charge in [-0.2, -0.15) is 0 Å². The van der Waals surface area contributed by atoms with Gasteiger partial charge < -0.3 is 25.0 Å². The van der Waals surface area contributed by atoms with Gasteiger partial charge in [0.15, 0.2) is 0 Å². The lowest BCUT2D eigenvalue weighted by atomic mass is 10.1. The second-order valence-corrected chi connectivity index (χ2v) is 10.4. The lowest BCUT2D eigenvalue weighted by Crippen LogP contribution is -2.52. The molecule has 3 rings (SSSR count). The maximum Gasteiger partial charge on any atom is 0.254 e. The van der Waals surface area contributed by atoms with Crippen LogP contribution in [0.5, 0.6) is 5.75 Å². The second-order valence-electron chi connectivity index (χ2n) is 8.87. The highest BCUT2D eigenvalue weighted by Gasteiger charge is 2.32. The molecule has 1 saturated heterocycles. The van der Waals surface area contributed by atoms with E-state index in [0.29, 0.717) is 72.3 Å². The Morgan fingerprint density at radius 1 is 1.22 bits per heavy atom. The number of unbranched alkanes of at least 4 members (excludes halogenated alkanes) is 1. The van der Waals surface area contributed by atoms with Crippen molar-refractivity contribution in [2.24, 2.45) is 0 Å². The van der Waals surface area contributed by atoms with Crippen LogP contribution in [-0.4, -0.2) is 68.3 Å². The van der Waals surface area contributed by atoms with Crippen molar-refractivity contribution >= 4 is 16.7 Å². The zero-order chi connectivity index (χ0) is 27.4. The number of aromatic nitrogens is 2. The van der Waals surface area contributed by atoms with E-state index in [1.807, 2.05) is 13.8 Å². The molecule has 1 fully saturated rings. The molecule has 1 aromatic heterocycles. The molecule has 0 aliphatic carbocycles. The molecule has 1 aliphatic heterocycles. The Hall–Kier alpha value is -2.40. The Labute approximate surface area is 222 Å². The van der Waals surface area contributed by atoms with Crippen molar-refractivity contribution < 1.29 is 18.8 Å². The summed E-state index contributed by atoms with van der Waals surface area (Å²) >= 11 is 0. The monoisotopic (exact) mass is 534 g/mol. The van der Waals surface area contributed by atoms with Crippen LogP contribution in [0.2, 0.25) is 0 Å². The molecule has 0 saturated carbocycles. The fourth-order valence-corrected chi connectivity index (χ4v) is 4.82. The Kier molecular flexibility index (Phi) is 13.1. The first-order chi connectivity index (χ1) is 17.8. The quantitative estimate of drug-likeness (QED) is 0.261. The van der Waals surface area contributed by atoms with Gasteiger partial charge in [0.1, 0.15) is 22.6 Å². The highest BCUT2D eigenvalue weighted by atomic mass is 32.2. The van der Waals surface area contributed by atoms with Gasteiger partial charge in [-0.1, -0.05) is 40.0 Å². The smallest absolute Gasteiger partial charge is 0.254 e. The van der Waals surface area contributed by atoms with Crippen molar-refractivity contribution in [1.29, 1.82) is 5.41 Å². The van der Waals surface area contributed by atoms with E-state index in [2.05, 4.69) is 23.8 Å². The SMILES string of the molecule is CCCC.CCCC(=N)c1nc(-c2cc(S(=O)N3CC(OCCCO)C3)ccc2OCC)[nH]c(=O)c1C. The molecule has 0 spiro atoms. The summed E-state index contributed by atoms with van der Waals surface area (Å²) in [4.78, 5) is 20.5. The fraction of sp³-hybridized carbons (Fsp3) is 0.593. The third-order valence-corrected chi connectivity index (χ3v) is 7.27. The highest BCUT2D eigenvalue weighted by Crippen LogP contribution is 2.31. The molecule has 2 aromatic rings. The first-order valence-electron chi connectivity index (χ1n) is 13.2. The van der Waals surface area contributed by atoms with Gasteiger partial charge >= 0.3 is 0 Å². The average molecular weight is 535 g/mol. The number of hydrogen-bond acceptors (Lipinski definition) is 7. The molecule has 206 valence electrons. The van der Waals surface area contributed by atoms with Gasteiger partial charge in [0.2, 0.25) is 0 Å². The number of rotatable bonds is 13. The zero-order valence-electron chi connectivity index (χ0n) is 22.8. The molecule has 3 N–H and O–H groups in total. The van der Waals surface area contributed by atoms with Gasteiger partial charge in [-0.25, -0.2) is 13.5 Å². The molecule has 0 radical (unpaired) electrons. The minimum atomic E-state index is -1.41. The van der Waals surface area contributed by atoms with E-state index in [4.69, 9.17) is 20.0 Å². The molecule has 2 heterocycles. The summed E-state index contributed by atoms with van der Waals surface area (Å²) in [6.07, 6.45) is 4.53. The summed E-state index contributed by atoms with van der Waals surface area (Å²) < 4.78 is 26.3. The minimum Gasteiger partial charge on any atom is -0.493 e. The predicted molar refractivity (Wildman–Crippen MR) is 148 cm³/mol. The number of aromatic amines is 1. The molecule has 1 atom stereocenters. The number of ether oxygens (including phenoxy) is 2. The first-order valence-corrected chi connectivity index (χ1v) is 14.3. The van der Waals surface area contributed by atoms with Crippen LogP contribution in [0.4, 0.5) is 0 Å². The number of nitrogens with zero attached hydrogens (tertiary/aromatic N) is 2. The number of hydrogen-bond donors (Lipinski definition) is 3. The summed E-state index contributed by atoms with van der Waals surface area (Å²) in [7, 11) is -1.41. The molecule has 1 unspecified atom stereocenters. The molecule has 10 heteroatoms. The van der Waals surface area contributed by atoms with Gasteiger partial charge in [0, 0.05) is 31.9 Å². The lowest BCUT2D eigenvalue weighted by molar-refractivity contribution is -0.0223. The summed E-state index contributed by atoms with van der Waals surface area (Å²) in [6, 6.07) is 5.21. The van der Waals surface area contributed by atoms with Crippen LogP contribution >= 0.6 is 0 Å². The maximum atomic E-state index is 13.1. The van der Waals surface area contributed by atoms with Gasteiger partial charge in [0.05, 0.1) is 34.6 Å². The van der Waals surface area contributed by atoms with Crippen LogP contribution in [0, 0.1) is 12.3 Å². The summed E-state index contributed by atoms with van der Waals surface area (Å²) in [5.74, 6) is 0.810. The van der Waals surface area contributed by atoms with Crippen LogP contribution in [0.3, 0.4) is 0 Å².